The van der Waals surface area contributed by atoms with Crippen molar-refractivity contribution in [1.82, 2.24) is 10.2 Å². The van der Waals surface area contributed by atoms with Gasteiger partial charge in [0.15, 0.2) is 0 Å². The van der Waals surface area contributed by atoms with Crippen molar-refractivity contribution >= 4 is 17.9 Å². The van der Waals surface area contributed by atoms with Crippen LogP contribution in [-0.4, -0.2) is 47.5 Å². The fourth-order valence-corrected chi connectivity index (χ4v) is 1.66. The maximum Gasteiger partial charge on any atom is 0.408 e. The lowest BCUT2D eigenvalue weighted by Crippen LogP contribution is -2.57. The Morgan fingerprint density at radius 1 is 1.09 bits per heavy atom. The van der Waals surface area contributed by atoms with Crippen LogP contribution in [0.25, 0.3) is 0 Å². The topological polar surface area (TPSA) is 102 Å². The van der Waals surface area contributed by atoms with Crippen molar-refractivity contribution < 1.29 is 19.1 Å². The second-order valence-electron chi connectivity index (χ2n) is 7.47. The van der Waals surface area contributed by atoms with Crippen LogP contribution in [0.1, 0.15) is 48.5 Å². The summed E-state index contributed by atoms with van der Waals surface area (Å²) in [6.07, 6.45) is -0.680. The van der Waals surface area contributed by atoms with E-state index in [9.17, 15) is 14.4 Å². The zero-order valence-corrected chi connectivity index (χ0v) is 14.8. The van der Waals surface area contributed by atoms with Crippen LogP contribution in [-0.2, 0) is 14.3 Å². The standard InChI is InChI=1S/C15H29N3O4/c1-9(11(16)19)18(8)12(20)10(14(2,3)4)17-13(21)22-15(5,6)7/h9-10H,1-8H3,(H2,16,19)(H,17,21)/t9-,10+/m0/s1. The van der Waals surface area contributed by atoms with E-state index < -0.39 is 41.0 Å². The predicted octanol–water partition coefficient (Wildman–Crippen LogP) is 1.26. The minimum atomic E-state index is -0.839. The number of nitrogens with two attached hydrogens (primary N) is 1. The van der Waals surface area contributed by atoms with E-state index in [1.807, 2.05) is 20.8 Å². The van der Waals surface area contributed by atoms with Crippen LogP contribution in [0.5, 0.6) is 0 Å². The molecule has 0 unspecified atom stereocenters. The van der Waals surface area contributed by atoms with Crippen LogP contribution in [0.15, 0.2) is 0 Å². The number of nitrogens with zero attached hydrogens (tertiary/aromatic N) is 1. The Labute approximate surface area is 132 Å². The highest BCUT2D eigenvalue weighted by atomic mass is 16.6. The quantitative estimate of drug-likeness (QED) is 0.815. The third kappa shape index (κ3) is 6.32. The van der Waals surface area contributed by atoms with Gasteiger partial charge in [-0.15, -0.1) is 0 Å². The number of likely N-dealkylation sites (N-methyl/N-ethyl adjacent to an activating group) is 1. The first-order valence-electron chi connectivity index (χ1n) is 7.22. The van der Waals surface area contributed by atoms with E-state index in [0.717, 1.165) is 0 Å². The number of rotatable bonds is 4. The van der Waals surface area contributed by atoms with Crippen LogP contribution in [0.4, 0.5) is 4.79 Å². The molecule has 0 aliphatic rings. The van der Waals surface area contributed by atoms with Gasteiger partial charge in [0.1, 0.15) is 17.7 Å². The van der Waals surface area contributed by atoms with Crippen LogP contribution >= 0.6 is 0 Å². The monoisotopic (exact) mass is 315 g/mol. The maximum absolute atomic E-state index is 12.6. The second-order valence-corrected chi connectivity index (χ2v) is 7.47. The number of amides is 3. The molecule has 0 aliphatic heterocycles. The van der Waals surface area contributed by atoms with Gasteiger partial charge < -0.3 is 20.7 Å². The van der Waals surface area contributed by atoms with Gasteiger partial charge in [-0.25, -0.2) is 4.79 Å². The summed E-state index contributed by atoms with van der Waals surface area (Å²) in [6, 6.07) is -1.60. The summed E-state index contributed by atoms with van der Waals surface area (Å²) in [5, 5.41) is 2.58. The molecule has 0 aliphatic carbocycles. The molecule has 22 heavy (non-hydrogen) atoms. The highest BCUT2D eigenvalue weighted by Gasteiger charge is 2.37. The summed E-state index contributed by atoms with van der Waals surface area (Å²) in [5.41, 5.74) is 4.00. The third-order valence-electron chi connectivity index (χ3n) is 3.11. The van der Waals surface area contributed by atoms with Gasteiger partial charge in [0.05, 0.1) is 0 Å². The molecule has 0 aromatic carbocycles. The maximum atomic E-state index is 12.6. The Kier molecular flexibility index (Phi) is 6.41. The first-order valence-corrected chi connectivity index (χ1v) is 7.22. The highest BCUT2D eigenvalue weighted by molar-refractivity contribution is 5.90. The van der Waals surface area contributed by atoms with Crippen LogP contribution in [0.2, 0.25) is 0 Å². The Hall–Kier alpha value is -1.79. The van der Waals surface area contributed by atoms with E-state index in [1.165, 1.54) is 18.9 Å². The zero-order valence-electron chi connectivity index (χ0n) is 14.8. The molecular formula is C15H29N3O4. The van der Waals surface area contributed by atoms with E-state index in [0.29, 0.717) is 0 Å². The summed E-state index contributed by atoms with van der Waals surface area (Å²) in [6.45, 7) is 12.2. The first-order chi connectivity index (χ1) is 9.66. The molecule has 0 spiro atoms. The summed E-state index contributed by atoms with van der Waals surface area (Å²) in [7, 11) is 1.48. The summed E-state index contributed by atoms with van der Waals surface area (Å²) < 4.78 is 5.19. The van der Waals surface area contributed by atoms with Crippen molar-refractivity contribution in [2.24, 2.45) is 11.1 Å². The van der Waals surface area contributed by atoms with Gasteiger partial charge in [0.2, 0.25) is 11.8 Å². The van der Waals surface area contributed by atoms with Crippen LogP contribution in [0, 0.1) is 5.41 Å². The normalized spacial score (nSPS) is 14.7. The van der Waals surface area contributed by atoms with E-state index in [4.69, 9.17) is 10.5 Å². The predicted molar refractivity (Wildman–Crippen MR) is 84.0 cm³/mol. The number of hydrogen-bond acceptors (Lipinski definition) is 4. The number of nitrogens with one attached hydrogen (secondary N) is 1. The second kappa shape index (κ2) is 6.98. The molecule has 0 saturated heterocycles. The van der Waals surface area contributed by atoms with Gasteiger partial charge in [0, 0.05) is 7.05 Å². The molecule has 0 aromatic rings. The lowest BCUT2D eigenvalue weighted by atomic mass is 9.85. The van der Waals surface area contributed by atoms with Crippen molar-refractivity contribution in [1.29, 1.82) is 0 Å². The van der Waals surface area contributed by atoms with E-state index in [-0.39, 0.29) is 0 Å². The van der Waals surface area contributed by atoms with Crippen molar-refractivity contribution in [3.05, 3.63) is 0 Å². The Balaban J connectivity index is 5.20. The lowest BCUT2D eigenvalue weighted by molar-refractivity contribution is -0.141. The van der Waals surface area contributed by atoms with Gasteiger partial charge in [-0.1, -0.05) is 20.8 Å². The minimum Gasteiger partial charge on any atom is -0.444 e. The molecule has 0 fully saturated rings. The number of hydrogen-bond donors (Lipinski definition) is 2. The molecule has 128 valence electrons. The molecule has 0 bridgehead atoms. The average molecular weight is 315 g/mol. The third-order valence-corrected chi connectivity index (χ3v) is 3.11. The van der Waals surface area contributed by atoms with Crippen LogP contribution in [0.3, 0.4) is 0 Å². The van der Waals surface area contributed by atoms with Gasteiger partial charge in [-0.05, 0) is 33.1 Å². The van der Waals surface area contributed by atoms with Crippen molar-refractivity contribution in [3.8, 4) is 0 Å². The molecule has 3 N–H and O–H groups in total. The number of carbonyl (C=O) groups excluding carboxylic acids is 3. The Bertz CT molecular complexity index is 435. The fraction of sp³-hybridized carbons (Fsp3) is 0.800. The fourth-order valence-electron chi connectivity index (χ4n) is 1.66. The van der Waals surface area contributed by atoms with E-state index in [2.05, 4.69) is 5.32 Å². The molecule has 0 heterocycles. The highest BCUT2D eigenvalue weighted by Crippen LogP contribution is 2.22. The number of primary amides is 1. The van der Waals surface area contributed by atoms with Crippen LogP contribution < -0.4 is 11.1 Å². The minimum absolute atomic E-state index is 0.398. The average Bonchev–Trinajstić information content (AvgIpc) is 2.29. The lowest BCUT2D eigenvalue weighted by Gasteiger charge is -2.35. The number of alkyl carbamates (subject to hydrolysis) is 1. The van der Waals surface area contributed by atoms with Crippen molar-refractivity contribution in [2.45, 2.75) is 66.2 Å². The zero-order chi connectivity index (χ0) is 17.9. The van der Waals surface area contributed by atoms with Gasteiger partial charge in [-0.2, -0.15) is 0 Å². The molecule has 2 atom stereocenters. The smallest absolute Gasteiger partial charge is 0.408 e. The SMILES string of the molecule is C[C@@H](C(N)=O)N(C)C(=O)[C@@H](NC(=O)OC(C)(C)C)C(C)(C)C. The number of carbonyl (C=O) groups is 3. The van der Waals surface area contributed by atoms with E-state index >= 15 is 0 Å². The summed E-state index contributed by atoms with van der Waals surface area (Å²) in [5.74, 6) is -1.01. The molecule has 0 aromatic heterocycles. The Morgan fingerprint density at radius 3 is 1.86 bits per heavy atom. The van der Waals surface area contributed by atoms with Gasteiger partial charge in [-0.3, -0.25) is 9.59 Å². The Morgan fingerprint density at radius 2 is 1.55 bits per heavy atom. The number of ether oxygens (including phenoxy) is 1. The van der Waals surface area contributed by atoms with Crippen molar-refractivity contribution in [2.75, 3.05) is 7.05 Å². The first kappa shape index (κ1) is 20.2. The van der Waals surface area contributed by atoms with Gasteiger partial charge in [0.25, 0.3) is 0 Å². The molecule has 3 amide bonds. The molecule has 0 radical (unpaired) electrons. The largest absolute Gasteiger partial charge is 0.444 e. The molecule has 0 saturated carbocycles. The summed E-state index contributed by atoms with van der Waals surface area (Å²) in [4.78, 5) is 37.0. The van der Waals surface area contributed by atoms with Gasteiger partial charge >= 0.3 is 6.09 Å². The molecule has 7 heteroatoms. The summed E-state index contributed by atoms with van der Waals surface area (Å²) >= 11 is 0. The van der Waals surface area contributed by atoms with E-state index in [1.54, 1.807) is 20.8 Å². The molecular weight excluding hydrogens is 286 g/mol. The molecule has 0 rings (SSSR count). The van der Waals surface area contributed by atoms with Crippen molar-refractivity contribution in [3.63, 3.8) is 0 Å². The molecule has 7 nitrogen and oxygen atoms in total.